The minimum atomic E-state index is -0.576. The molecule has 1 aromatic carbocycles. The standard InChI is InChI=1S/C13H13Cl2N3O2/c1-19-10-6-17-12(13(18-10)20-2)11(16)8-4-3-7(14)5-9(8)15/h3-6,11H,16H2,1-2H3. The average molecular weight is 314 g/mol. The van der Waals surface area contributed by atoms with Gasteiger partial charge in [0.15, 0.2) is 0 Å². The van der Waals surface area contributed by atoms with Gasteiger partial charge in [0, 0.05) is 10.0 Å². The smallest absolute Gasteiger partial charge is 0.240 e. The summed E-state index contributed by atoms with van der Waals surface area (Å²) in [5, 5.41) is 1.00. The number of rotatable bonds is 4. The molecule has 106 valence electrons. The summed E-state index contributed by atoms with van der Waals surface area (Å²) in [6, 6.07) is 4.52. The molecule has 0 fully saturated rings. The number of nitrogens with zero attached hydrogens (tertiary/aromatic N) is 2. The minimum Gasteiger partial charge on any atom is -0.480 e. The Morgan fingerprint density at radius 3 is 2.55 bits per heavy atom. The van der Waals surface area contributed by atoms with Crippen molar-refractivity contribution < 1.29 is 9.47 Å². The zero-order valence-corrected chi connectivity index (χ0v) is 12.4. The average Bonchev–Trinajstić information content (AvgIpc) is 2.46. The quantitative estimate of drug-likeness (QED) is 0.939. The van der Waals surface area contributed by atoms with Crippen LogP contribution < -0.4 is 15.2 Å². The number of benzene rings is 1. The Bertz CT molecular complexity index is 623. The zero-order chi connectivity index (χ0) is 14.7. The topological polar surface area (TPSA) is 70.3 Å². The number of nitrogens with two attached hydrogens (primary N) is 1. The molecule has 0 bridgehead atoms. The molecule has 7 heteroatoms. The number of methoxy groups -OCH3 is 2. The van der Waals surface area contributed by atoms with Gasteiger partial charge >= 0.3 is 0 Å². The number of ether oxygens (including phenoxy) is 2. The lowest BCUT2D eigenvalue weighted by molar-refractivity contribution is 0.355. The predicted octanol–water partition coefficient (Wildman–Crippen LogP) is 2.85. The lowest BCUT2D eigenvalue weighted by Crippen LogP contribution is -2.16. The molecule has 1 aromatic heterocycles. The molecule has 20 heavy (non-hydrogen) atoms. The highest BCUT2D eigenvalue weighted by molar-refractivity contribution is 6.35. The van der Waals surface area contributed by atoms with E-state index < -0.39 is 6.04 Å². The lowest BCUT2D eigenvalue weighted by atomic mass is 10.0. The molecule has 0 saturated carbocycles. The van der Waals surface area contributed by atoms with Gasteiger partial charge in [-0.15, -0.1) is 0 Å². The summed E-state index contributed by atoms with van der Waals surface area (Å²) in [4.78, 5) is 8.38. The van der Waals surface area contributed by atoms with Crippen LogP contribution in [0.2, 0.25) is 10.0 Å². The molecule has 0 aliphatic rings. The molecule has 0 aliphatic heterocycles. The number of halogens is 2. The van der Waals surface area contributed by atoms with Crippen LogP contribution in [0.3, 0.4) is 0 Å². The van der Waals surface area contributed by atoms with Crippen molar-refractivity contribution in [2.45, 2.75) is 6.04 Å². The zero-order valence-electron chi connectivity index (χ0n) is 10.9. The van der Waals surface area contributed by atoms with E-state index in [1.165, 1.54) is 20.4 Å². The lowest BCUT2D eigenvalue weighted by Gasteiger charge is -2.16. The van der Waals surface area contributed by atoms with E-state index in [9.17, 15) is 0 Å². The van der Waals surface area contributed by atoms with Crippen LogP contribution >= 0.6 is 23.2 Å². The molecule has 1 unspecified atom stereocenters. The van der Waals surface area contributed by atoms with Gasteiger partial charge in [-0.3, -0.25) is 0 Å². The maximum Gasteiger partial charge on any atom is 0.240 e. The maximum atomic E-state index is 6.18. The van der Waals surface area contributed by atoms with Crippen LogP contribution in [-0.2, 0) is 0 Å². The molecule has 5 nitrogen and oxygen atoms in total. The summed E-state index contributed by atoms with van der Waals surface area (Å²) in [6.07, 6.45) is 1.47. The SMILES string of the molecule is COc1cnc(C(N)c2ccc(Cl)cc2Cl)c(OC)n1. The first kappa shape index (κ1) is 14.8. The van der Waals surface area contributed by atoms with Gasteiger partial charge in [-0.1, -0.05) is 29.3 Å². The van der Waals surface area contributed by atoms with E-state index in [0.717, 1.165) is 0 Å². The molecule has 2 rings (SSSR count). The Morgan fingerprint density at radius 2 is 1.95 bits per heavy atom. The third-order valence-electron chi connectivity index (χ3n) is 2.74. The van der Waals surface area contributed by atoms with Crippen molar-refractivity contribution in [3.63, 3.8) is 0 Å². The van der Waals surface area contributed by atoms with Crippen LogP contribution in [0, 0.1) is 0 Å². The maximum absolute atomic E-state index is 6.18. The molecule has 0 amide bonds. The Kier molecular flexibility index (Phi) is 4.65. The fraction of sp³-hybridized carbons (Fsp3) is 0.231. The first-order valence-corrected chi connectivity index (χ1v) is 6.48. The highest BCUT2D eigenvalue weighted by atomic mass is 35.5. The Labute approximate surface area is 126 Å². The first-order chi connectivity index (χ1) is 9.56. The van der Waals surface area contributed by atoms with E-state index in [2.05, 4.69) is 9.97 Å². The second kappa shape index (κ2) is 6.26. The largest absolute Gasteiger partial charge is 0.480 e. The second-order valence-electron chi connectivity index (χ2n) is 3.95. The van der Waals surface area contributed by atoms with Crippen molar-refractivity contribution in [1.82, 2.24) is 9.97 Å². The van der Waals surface area contributed by atoms with Gasteiger partial charge < -0.3 is 15.2 Å². The van der Waals surface area contributed by atoms with E-state index in [0.29, 0.717) is 33.1 Å². The van der Waals surface area contributed by atoms with E-state index in [1.807, 2.05) is 0 Å². The van der Waals surface area contributed by atoms with Crippen LogP contribution in [0.25, 0.3) is 0 Å². The number of hydrogen-bond acceptors (Lipinski definition) is 5. The molecule has 0 aliphatic carbocycles. The van der Waals surface area contributed by atoms with Crippen molar-refractivity contribution in [3.05, 3.63) is 45.7 Å². The molecule has 1 atom stereocenters. The van der Waals surface area contributed by atoms with Gasteiger partial charge in [-0.05, 0) is 17.7 Å². The summed E-state index contributed by atoms with van der Waals surface area (Å²) < 4.78 is 10.2. The summed E-state index contributed by atoms with van der Waals surface area (Å²) in [7, 11) is 2.99. The summed E-state index contributed by atoms with van der Waals surface area (Å²) in [6.45, 7) is 0. The van der Waals surface area contributed by atoms with Crippen molar-refractivity contribution in [1.29, 1.82) is 0 Å². The molecule has 0 saturated heterocycles. The third-order valence-corrected chi connectivity index (χ3v) is 3.30. The van der Waals surface area contributed by atoms with Crippen LogP contribution in [0.5, 0.6) is 11.8 Å². The summed E-state index contributed by atoms with van der Waals surface area (Å²) >= 11 is 12.0. The van der Waals surface area contributed by atoms with Gasteiger partial charge in [0.1, 0.15) is 5.69 Å². The minimum absolute atomic E-state index is 0.294. The van der Waals surface area contributed by atoms with Crippen molar-refractivity contribution in [2.24, 2.45) is 5.73 Å². The van der Waals surface area contributed by atoms with Crippen molar-refractivity contribution in [3.8, 4) is 11.8 Å². The van der Waals surface area contributed by atoms with Crippen LogP contribution in [0.15, 0.2) is 24.4 Å². The fourth-order valence-corrected chi connectivity index (χ4v) is 2.26. The van der Waals surface area contributed by atoms with Crippen LogP contribution in [-0.4, -0.2) is 24.2 Å². The molecular weight excluding hydrogens is 301 g/mol. The van der Waals surface area contributed by atoms with Crippen LogP contribution in [0.4, 0.5) is 0 Å². The molecule has 1 heterocycles. The monoisotopic (exact) mass is 313 g/mol. The van der Waals surface area contributed by atoms with E-state index >= 15 is 0 Å². The van der Waals surface area contributed by atoms with E-state index in [4.69, 9.17) is 38.4 Å². The molecule has 0 spiro atoms. The molecule has 2 aromatic rings. The summed E-state index contributed by atoms with van der Waals surface area (Å²) in [5.74, 6) is 0.642. The van der Waals surface area contributed by atoms with Gasteiger partial charge in [0.05, 0.1) is 26.5 Å². The highest BCUT2D eigenvalue weighted by Gasteiger charge is 2.20. The number of aromatic nitrogens is 2. The van der Waals surface area contributed by atoms with Crippen LogP contribution in [0.1, 0.15) is 17.3 Å². The van der Waals surface area contributed by atoms with Gasteiger partial charge in [-0.25, -0.2) is 4.98 Å². The third kappa shape index (κ3) is 2.95. The van der Waals surface area contributed by atoms with Gasteiger partial charge in [-0.2, -0.15) is 4.98 Å². The van der Waals surface area contributed by atoms with Gasteiger partial charge in [0.25, 0.3) is 0 Å². The van der Waals surface area contributed by atoms with E-state index in [1.54, 1.807) is 18.2 Å². The molecular formula is C13H13Cl2N3O2. The Balaban J connectivity index is 2.44. The predicted molar refractivity (Wildman–Crippen MR) is 77.6 cm³/mol. The van der Waals surface area contributed by atoms with Gasteiger partial charge in [0.2, 0.25) is 11.8 Å². The fourth-order valence-electron chi connectivity index (χ4n) is 1.73. The van der Waals surface area contributed by atoms with Crippen molar-refractivity contribution in [2.75, 3.05) is 14.2 Å². The Morgan fingerprint density at radius 1 is 1.20 bits per heavy atom. The van der Waals surface area contributed by atoms with Crippen molar-refractivity contribution >= 4 is 23.2 Å². The number of hydrogen-bond donors (Lipinski definition) is 1. The second-order valence-corrected chi connectivity index (χ2v) is 4.79. The summed E-state index contributed by atoms with van der Waals surface area (Å²) in [5.41, 5.74) is 7.34. The Hall–Kier alpha value is -1.56. The molecule has 0 radical (unpaired) electrons. The molecule has 2 N–H and O–H groups in total. The van der Waals surface area contributed by atoms with E-state index in [-0.39, 0.29) is 0 Å². The first-order valence-electron chi connectivity index (χ1n) is 5.72. The highest BCUT2D eigenvalue weighted by Crippen LogP contribution is 2.31. The normalized spacial score (nSPS) is 12.1.